The number of allylic oxidation sites excluding steroid dienone is 21. The number of carbonyl (C=O) groups excluding carboxylic acids is 3. The van der Waals surface area contributed by atoms with E-state index in [1.54, 1.807) is 6.08 Å². The number of hydrogen-bond donors (Lipinski definition) is 0. The molecule has 1 atom stereocenters. The predicted octanol–water partition coefficient (Wildman–Crippen LogP) is 24.1. The van der Waals surface area contributed by atoms with Gasteiger partial charge in [-0.3, -0.25) is 14.4 Å². The van der Waals surface area contributed by atoms with Crippen LogP contribution in [-0.4, -0.2) is 37.2 Å². The van der Waals surface area contributed by atoms with Gasteiger partial charge in [-0.2, -0.15) is 0 Å². The fourth-order valence-corrected chi connectivity index (χ4v) is 9.54. The number of ether oxygens (including phenoxy) is 3. The van der Waals surface area contributed by atoms with Crippen molar-refractivity contribution in [2.24, 2.45) is 0 Å². The number of unbranched alkanes of at least 4 members (excludes halogenated alkanes) is 30. The molecule has 0 aromatic heterocycles. The largest absolute Gasteiger partial charge is 0.462 e. The van der Waals surface area contributed by atoms with Gasteiger partial charge < -0.3 is 14.2 Å². The molecule has 6 nitrogen and oxygen atoms in total. The van der Waals surface area contributed by atoms with Crippen LogP contribution in [0.15, 0.2) is 134 Å². The van der Waals surface area contributed by atoms with Crippen LogP contribution >= 0.6 is 0 Å². The van der Waals surface area contributed by atoms with Crippen molar-refractivity contribution in [1.82, 2.24) is 0 Å². The molecule has 0 radical (unpaired) electrons. The van der Waals surface area contributed by atoms with Gasteiger partial charge in [-0.25, -0.2) is 0 Å². The molecule has 0 rings (SSSR count). The topological polar surface area (TPSA) is 78.9 Å². The van der Waals surface area contributed by atoms with E-state index in [9.17, 15) is 14.4 Å². The molecule has 0 heterocycles. The molecule has 0 N–H and O–H groups in total. The summed E-state index contributed by atoms with van der Waals surface area (Å²) < 4.78 is 16.8. The van der Waals surface area contributed by atoms with Crippen molar-refractivity contribution in [2.75, 3.05) is 13.2 Å². The molecule has 0 amide bonds. The van der Waals surface area contributed by atoms with Crippen molar-refractivity contribution >= 4 is 17.9 Å². The van der Waals surface area contributed by atoms with Gasteiger partial charge in [-0.1, -0.05) is 315 Å². The van der Waals surface area contributed by atoms with Gasteiger partial charge >= 0.3 is 17.9 Å². The normalized spacial score (nSPS) is 13.0. The van der Waals surface area contributed by atoms with Gasteiger partial charge in [0.25, 0.3) is 0 Å². The van der Waals surface area contributed by atoms with E-state index in [-0.39, 0.29) is 38.0 Å². The summed E-state index contributed by atoms with van der Waals surface area (Å²) in [6.45, 7) is 6.31. The quantitative estimate of drug-likeness (QED) is 0.0261. The maximum atomic E-state index is 12.9. The molecule has 83 heavy (non-hydrogen) atoms. The maximum Gasteiger partial charge on any atom is 0.309 e. The van der Waals surface area contributed by atoms with Gasteiger partial charge in [-0.05, 0) is 116 Å². The Balaban J connectivity index is 4.26. The number of rotatable bonds is 62. The molecule has 1 unspecified atom stereocenters. The van der Waals surface area contributed by atoms with E-state index >= 15 is 0 Å². The van der Waals surface area contributed by atoms with E-state index in [1.165, 1.54) is 161 Å². The lowest BCUT2D eigenvalue weighted by Gasteiger charge is -2.18. The van der Waals surface area contributed by atoms with E-state index in [0.29, 0.717) is 6.42 Å². The number of esters is 3. The highest BCUT2D eigenvalue weighted by Crippen LogP contribution is 2.17. The van der Waals surface area contributed by atoms with Crippen LogP contribution in [0.2, 0.25) is 0 Å². The van der Waals surface area contributed by atoms with E-state index < -0.39 is 12.1 Å². The fourth-order valence-electron chi connectivity index (χ4n) is 9.54. The molecule has 0 fully saturated rings. The lowest BCUT2D eigenvalue weighted by atomic mass is 10.0. The van der Waals surface area contributed by atoms with Gasteiger partial charge in [0.1, 0.15) is 13.2 Å². The zero-order valence-corrected chi connectivity index (χ0v) is 54.2. The van der Waals surface area contributed by atoms with Crippen molar-refractivity contribution in [3.8, 4) is 0 Å². The molecule has 0 aromatic carbocycles. The minimum absolute atomic E-state index is 0.118. The van der Waals surface area contributed by atoms with Crippen LogP contribution in [0.4, 0.5) is 0 Å². The highest BCUT2D eigenvalue weighted by molar-refractivity contribution is 5.72. The number of hydrogen-bond acceptors (Lipinski definition) is 6. The molecule has 6 heteroatoms. The Morgan fingerprint density at radius 3 is 0.843 bits per heavy atom. The Bertz CT molecular complexity index is 1750. The van der Waals surface area contributed by atoms with Gasteiger partial charge in [0.05, 0.1) is 6.42 Å². The molecule has 0 aliphatic heterocycles. The predicted molar refractivity (Wildman–Crippen MR) is 362 cm³/mol. The third-order valence-corrected chi connectivity index (χ3v) is 14.7. The first-order valence-electron chi connectivity index (χ1n) is 34.7. The molecule has 0 saturated heterocycles. The molecule has 472 valence electrons. The third-order valence-electron chi connectivity index (χ3n) is 14.7. The van der Waals surface area contributed by atoms with Crippen LogP contribution in [0.1, 0.15) is 316 Å². The first kappa shape index (κ1) is 78.5. The fraction of sp³-hybridized carbons (Fsp3) is 0.675. The second-order valence-electron chi connectivity index (χ2n) is 22.7. The highest BCUT2D eigenvalue weighted by atomic mass is 16.6. The van der Waals surface area contributed by atoms with Gasteiger partial charge in [0.15, 0.2) is 6.10 Å². The van der Waals surface area contributed by atoms with E-state index in [4.69, 9.17) is 14.2 Å². The Morgan fingerprint density at radius 2 is 0.518 bits per heavy atom. The van der Waals surface area contributed by atoms with Gasteiger partial charge in [0, 0.05) is 12.8 Å². The van der Waals surface area contributed by atoms with Crippen LogP contribution in [0.5, 0.6) is 0 Å². The van der Waals surface area contributed by atoms with E-state index in [0.717, 1.165) is 116 Å². The van der Waals surface area contributed by atoms with Crippen LogP contribution < -0.4 is 0 Å². The smallest absolute Gasteiger partial charge is 0.309 e. The van der Waals surface area contributed by atoms with Crippen molar-refractivity contribution < 1.29 is 28.6 Å². The highest BCUT2D eigenvalue weighted by Gasteiger charge is 2.19. The Kier molecular flexibility index (Phi) is 66.3. The first-order chi connectivity index (χ1) is 41.0. The summed E-state index contributed by atoms with van der Waals surface area (Å²) in [4.78, 5) is 38.3. The van der Waals surface area contributed by atoms with E-state index in [2.05, 4.69) is 142 Å². The van der Waals surface area contributed by atoms with E-state index in [1.807, 2.05) is 6.08 Å². The SMILES string of the molecule is CC/C=C\C/C=C\C/C=C\C/C=C\C/C=C\CC(=O)OCC(COC(=O)CCCCCCCCCCCCCCCCCCCCCCC/C=C\C/C=C\CCCCCCC)OC(=O)CCCCCC/C=C\C/C=C\C/C=C\C/C=C\CC. The number of carbonyl (C=O) groups is 3. The van der Waals surface area contributed by atoms with Crippen molar-refractivity contribution in [3.05, 3.63) is 134 Å². The molecule has 0 aliphatic rings. The summed E-state index contributed by atoms with van der Waals surface area (Å²) in [6, 6.07) is 0. The summed E-state index contributed by atoms with van der Waals surface area (Å²) in [6.07, 6.45) is 99.5. The summed E-state index contributed by atoms with van der Waals surface area (Å²) >= 11 is 0. The molecule has 0 aliphatic carbocycles. The van der Waals surface area contributed by atoms with Crippen LogP contribution in [0.3, 0.4) is 0 Å². The maximum absolute atomic E-state index is 12.9. The molecular weight excluding hydrogens is 1020 g/mol. The Hall–Kier alpha value is -4.45. The lowest BCUT2D eigenvalue weighted by Crippen LogP contribution is -2.30. The molecular formula is C77H128O6. The lowest BCUT2D eigenvalue weighted by molar-refractivity contribution is -0.166. The van der Waals surface area contributed by atoms with Crippen molar-refractivity contribution in [2.45, 2.75) is 322 Å². The summed E-state index contributed by atoms with van der Waals surface area (Å²) in [5, 5.41) is 0. The van der Waals surface area contributed by atoms with Crippen molar-refractivity contribution in [3.63, 3.8) is 0 Å². The second-order valence-corrected chi connectivity index (χ2v) is 22.7. The molecule has 0 saturated carbocycles. The van der Waals surface area contributed by atoms with Crippen molar-refractivity contribution in [1.29, 1.82) is 0 Å². The molecule has 0 spiro atoms. The average Bonchev–Trinajstić information content (AvgIpc) is 3.49. The third kappa shape index (κ3) is 68.2. The average molecular weight is 1150 g/mol. The summed E-state index contributed by atoms with van der Waals surface area (Å²) in [5.74, 6) is -1.07. The Morgan fingerprint density at radius 1 is 0.265 bits per heavy atom. The zero-order valence-electron chi connectivity index (χ0n) is 54.2. The van der Waals surface area contributed by atoms with Crippen LogP contribution in [0.25, 0.3) is 0 Å². The molecule has 0 bridgehead atoms. The monoisotopic (exact) mass is 1150 g/mol. The molecule has 0 aromatic rings. The zero-order chi connectivity index (χ0) is 59.9. The standard InChI is InChI=1S/C77H128O6/c1-4-7-10-13-16-19-22-25-28-30-31-32-33-34-35-36-37-38-39-40-41-42-43-44-45-47-49-52-55-58-61-64-67-70-76(79)82-73-74(72-81-75(78)69-66-63-60-57-54-51-48-27-24-21-18-15-12-9-6-3)83-77(80)71-68-65-62-59-56-53-50-46-29-26-23-20-17-14-11-8-5-2/h8-9,11-12,17-18,20-22,25-27,29-31,48,50,53-54,57,63,66,74H,4-7,10,13-16,19,23-24,28,32-47,49,51-52,55-56,58-62,64-65,67-73H2,1-3H3/b11-8-,12-9-,20-17-,21-18-,25-22-,29-26-,31-30-,48-27-,53-50-,57-54-,66-63-. The first-order valence-corrected chi connectivity index (χ1v) is 34.7. The van der Waals surface area contributed by atoms with Gasteiger partial charge in [0.2, 0.25) is 0 Å². The van der Waals surface area contributed by atoms with Crippen LogP contribution in [0, 0.1) is 0 Å². The summed E-state index contributed by atoms with van der Waals surface area (Å²) in [5.41, 5.74) is 0. The minimum atomic E-state index is -0.836. The second kappa shape index (κ2) is 70.0. The Labute approximate surface area is 513 Å². The van der Waals surface area contributed by atoms with Gasteiger partial charge in [-0.15, -0.1) is 0 Å². The minimum Gasteiger partial charge on any atom is -0.462 e. The van der Waals surface area contributed by atoms with Crippen LogP contribution in [-0.2, 0) is 28.6 Å². The summed E-state index contributed by atoms with van der Waals surface area (Å²) in [7, 11) is 0.